The first-order valence-corrected chi connectivity index (χ1v) is 8.07. The first-order chi connectivity index (χ1) is 11.1. The lowest BCUT2D eigenvalue weighted by molar-refractivity contribution is 0.0243. The maximum atomic E-state index is 11.5. The second kappa shape index (κ2) is 8.86. The van der Waals surface area contributed by atoms with Gasteiger partial charge < -0.3 is 19.7 Å². The highest BCUT2D eigenvalue weighted by molar-refractivity contribution is 5.89. The molecule has 0 radical (unpaired) electrons. The number of hydrogen-bond donors (Lipinski definition) is 2. The summed E-state index contributed by atoms with van der Waals surface area (Å²) in [5.74, 6) is 0.235. The molecular weight excluding hydrogens is 298 g/mol. The maximum Gasteiger partial charge on any atom is 0.338 e. The molecule has 0 amide bonds. The lowest BCUT2D eigenvalue weighted by Crippen LogP contribution is -2.43. The van der Waals surface area contributed by atoms with E-state index in [1.54, 1.807) is 31.2 Å². The molecule has 1 heterocycles. The van der Waals surface area contributed by atoms with Crippen molar-refractivity contribution in [1.82, 2.24) is 4.90 Å². The summed E-state index contributed by atoms with van der Waals surface area (Å²) < 4.78 is 10.5. The van der Waals surface area contributed by atoms with Crippen molar-refractivity contribution >= 4 is 5.97 Å². The van der Waals surface area contributed by atoms with Gasteiger partial charge in [0.1, 0.15) is 18.5 Å². The SMILES string of the molecule is CCOC(=O)c1ccc(OCC(O)CN2CCCC(O)C2)cc1. The molecule has 6 nitrogen and oxygen atoms in total. The molecule has 1 aliphatic rings. The number of likely N-dealkylation sites (tertiary alicyclic amines) is 1. The van der Waals surface area contributed by atoms with Crippen LogP contribution in [0.25, 0.3) is 0 Å². The van der Waals surface area contributed by atoms with E-state index in [1.807, 2.05) is 4.90 Å². The summed E-state index contributed by atoms with van der Waals surface area (Å²) in [5, 5.41) is 19.7. The van der Waals surface area contributed by atoms with Crippen molar-refractivity contribution in [2.75, 3.05) is 32.8 Å². The molecule has 6 heteroatoms. The van der Waals surface area contributed by atoms with Gasteiger partial charge in [0.25, 0.3) is 0 Å². The topological polar surface area (TPSA) is 79.2 Å². The highest BCUT2D eigenvalue weighted by atomic mass is 16.5. The Morgan fingerprint density at radius 2 is 2.13 bits per heavy atom. The van der Waals surface area contributed by atoms with E-state index in [2.05, 4.69) is 0 Å². The van der Waals surface area contributed by atoms with Crippen LogP contribution in [0.4, 0.5) is 0 Å². The number of aliphatic hydroxyl groups excluding tert-OH is 2. The molecule has 0 saturated carbocycles. The molecule has 1 aromatic rings. The number of piperidine rings is 1. The second-order valence-electron chi connectivity index (χ2n) is 5.77. The fourth-order valence-corrected chi connectivity index (χ4v) is 2.64. The van der Waals surface area contributed by atoms with Gasteiger partial charge in [-0.1, -0.05) is 0 Å². The summed E-state index contributed by atoms with van der Waals surface area (Å²) in [6.07, 6.45) is 0.859. The molecule has 1 saturated heterocycles. The van der Waals surface area contributed by atoms with Crippen molar-refractivity contribution < 1.29 is 24.5 Å². The van der Waals surface area contributed by atoms with Crippen molar-refractivity contribution in [3.05, 3.63) is 29.8 Å². The van der Waals surface area contributed by atoms with Crippen LogP contribution in [0.1, 0.15) is 30.1 Å². The Hall–Kier alpha value is -1.63. The van der Waals surface area contributed by atoms with Crippen molar-refractivity contribution in [2.45, 2.75) is 32.0 Å². The Morgan fingerprint density at radius 1 is 1.39 bits per heavy atom. The number of aliphatic hydroxyl groups is 2. The van der Waals surface area contributed by atoms with Gasteiger partial charge in [-0.3, -0.25) is 4.90 Å². The minimum Gasteiger partial charge on any atom is -0.491 e. The standard InChI is InChI=1S/C17H25NO5/c1-2-22-17(21)13-5-7-16(8-6-13)23-12-15(20)11-18-9-3-4-14(19)10-18/h5-8,14-15,19-20H,2-4,9-12H2,1H3. The van der Waals surface area contributed by atoms with Gasteiger partial charge in [-0.05, 0) is 50.6 Å². The fourth-order valence-electron chi connectivity index (χ4n) is 2.64. The molecule has 0 aliphatic carbocycles. The Kier molecular flexibility index (Phi) is 6.83. The summed E-state index contributed by atoms with van der Waals surface area (Å²) in [5.41, 5.74) is 0.474. The summed E-state index contributed by atoms with van der Waals surface area (Å²) in [4.78, 5) is 13.6. The van der Waals surface area contributed by atoms with Crippen LogP contribution in [0, 0.1) is 0 Å². The Labute approximate surface area is 136 Å². The summed E-state index contributed by atoms with van der Waals surface area (Å²) in [7, 11) is 0. The van der Waals surface area contributed by atoms with Gasteiger partial charge in [0, 0.05) is 13.1 Å². The first kappa shape index (κ1) is 17.7. The number of carbonyl (C=O) groups excluding carboxylic acids is 1. The number of hydrogen-bond acceptors (Lipinski definition) is 6. The summed E-state index contributed by atoms with van der Waals surface area (Å²) in [6, 6.07) is 6.65. The highest BCUT2D eigenvalue weighted by Crippen LogP contribution is 2.14. The largest absolute Gasteiger partial charge is 0.491 e. The molecule has 23 heavy (non-hydrogen) atoms. The van der Waals surface area contributed by atoms with Crippen LogP contribution in [0.3, 0.4) is 0 Å². The van der Waals surface area contributed by atoms with Gasteiger partial charge in [-0.15, -0.1) is 0 Å². The maximum absolute atomic E-state index is 11.5. The molecule has 1 aliphatic heterocycles. The molecule has 2 unspecified atom stereocenters. The summed E-state index contributed by atoms with van der Waals surface area (Å²) >= 11 is 0. The van der Waals surface area contributed by atoms with Crippen molar-refractivity contribution in [3.63, 3.8) is 0 Å². The predicted molar refractivity (Wildman–Crippen MR) is 85.6 cm³/mol. The van der Waals surface area contributed by atoms with Crippen LogP contribution in [0.2, 0.25) is 0 Å². The molecule has 1 fully saturated rings. The van der Waals surface area contributed by atoms with Crippen LogP contribution in [0.15, 0.2) is 24.3 Å². The van der Waals surface area contributed by atoms with Crippen LogP contribution in [0.5, 0.6) is 5.75 Å². The normalized spacial score (nSPS) is 20.0. The van der Waals surface area contributed by atoms with Gasteiger partial charge >= 0.3 is 5.97 Å². The van der Waals surface area contributed by atoms with Crippen molar-refractivity contribution in [1.29, 1.82) is 0 Å². The third-order valence-corrected chi connectivity index (χ3v) is 3.76. The van der Waals surface area contributed by atoms with Crippen LogP contribution >= 0.6 is 0 Å². The zero-order valence-corrected chi connectivity index (χ0v) is 13.5. The van der Waals surface area contributed by atoms with Gasteiger partial charge in [0.15, 0.2) is 0 Å². The third kappa shape index (κ3) is 5.82. The number of ether oxygens (including phenoxy) is 2. The molecule has 1 aromatic carbocycles. The average molecular weight is 323 g/mol. The second-order valence-corrected chi connectivity index (χ2v) is 5.77. The minimum atomic E-state index is -0.620. The molecule has 0 aromatic heterocycles. The molecule has 0 spiro atoms. The van der Waals surface area contributed by atoms with Gasteiger partial charge in [-0.25, -0.2) is 4.79 Å². The smallest absolute Gasteiger partial charge is 0.338 e. The summed E-state index contributed by atoms with van der Waals surface area (Å²) in [6.45, 7) is 4.25. The lowest BCUT2D eigenvalue weighted by atomic mass is 10.1. The first-order valence-electron chi connectivity index (χ1n) is 8.07. The van der Waals surface area contributed by atoms with E-state index in [9.17, 15) is 15.0 Å². The van der Waals surface area contributed by atoms with Gasteiger partial charge in [0.05, 0.1) is 18.3 Å². The van der Waals surface area contributed by atoms with E-state index in [0.717, 1.165) is 19.4 Å². The van der Waals surface area contributed by atoms with E-state index >= 15 is 0 Å². The highest BCUT2D eigenvalue weighted by Gasteiger charge is 2.20. The lowest BCUT2D eigenvalue weighted by Gasteiger charge is -2.31. The van der Waals surface area contributed by atoms with E-state index in [0.29, 0.717) is 31.0 Å². The molecule has 128 valence electrons. The van der Waals surface area contributed by atoms with E-state index < -0.39 is 6.10 Å². The predicted octanol–water partition coefficient (Wildman–Crippen LogP) is 1.06. The van der Waals surface area contributed by atoms with Crippen LogP contribution in [-0.2, 0) is 4.74 Å². The molecule has 2 N–H and O–H groups in total. The number of β-amino-alcohol motifs (C(OH)–C–C–N with tert-alkyl or cyclic N) is 2. The molecule has 2 atom stereocenters. The van der Waals surface area contributed by atoms with Gasteiger partial charge in [0.2, 0.25) is 0 Å². The third-order valence-electron chi connectivity index (χ3n) is 3.76. The van der Waals surface area contributed by atoms with Crippen LogP contribution in [-0.4, -0.2) is 66.1 Å². The number of rotatable bonds is 7. The average Bonchev–Trinajstić information content (AvgIpc) is 2.54. The van der Waals surface area contributed by atoms with Crippen molar-refractivity contribution in [2.24, 2.45) is 0 Å². The number of nitrogens with zero attached hydrogens (tertiary/aromatic N) is 1. The quantitative estimate of drug-likeness (QED) is 0.731. The number of carbonyl (C=O) groups is 1. The van der Waals surface area contributed by atoms with E-state index in [1.165, 1.54) is 0 Å². The van der Waals surface area contributed by atoms with Crippen molar-refractivity contribution in [3.8, 4) is 5.75 Å². The Bertz CT molecular complexity index is 490. The van der Waals surface area contributed by atoms with Gasteiger partial charge in [-0.2, -0.15) is 0 Å². The number of esters is 1. The molecule has 2 rings (SSSR count). The minimum absolute atomic E-state index is 0.172. The number of benzene rings is 1. The van der Waals surface area contributed by atoms with E-state index in [-0.39, 0.29) is 18.7 Å². The Morgan fingerprint density at radius 3 is 2.78 bits per heavy atom. The fraction of sp³-hybridized carbons (Fsp3) is 0.588. The monoisotopic (exact) mass is 323 g/mol. The molecular formula is C17H25NO5. The zero-order chi connectivity index (χ0) is 16.7. The van der Waals surface area contributed by atoms with Crippen LogP contribution < -0.4 is 4.74 Å². The molecule has 0 bridgehead atoms. The Balaban J connectivity index is 1.75. The van der Waals surface area contributed by atoms with E-state index in [4.69, 9.17) is 9.47 Å². The zero-order valence-electron chi connectivity index (χ0n) is 13.5.